The topological polar surface area (TPSA) is 46.5 Å². The SMILES string of the molecule is COc1ccc(CNC2=NCc3c2sc2nc(C)cc(C)c32)cc1. The van der Waals surface area contributed by atoms with E-state index < -0.39 is 0 Å². The van der Waals surface area contributed by atoms with E-state index in [1.807, 2.05) is 19.1 Å². The maximum atomic E-state index is 5.20. The number of nitrogens with one attached hydrogen (secondary N) is 1. The van der Waals surface area contributed by atoms with Crippen molar-refractivity contribution in [2.75, 3.05) is 7.11 Å². The Morgan fingerprint density at radius 1 is 1.21 bits per heavy atom. The first-order chi connectivity index (χ1) is 11.7. The van der Waals surface area contributed by atoms with E-state index >= 15 is 0 Å². The molecule has 1 aliphatic heterocycles. The van der Waals surface area contributed by atoms with Gasteiger partial charge in [0, 0.05) is 23.2 Å². The maximum Gasteiger partial charge on any atom is 0.139 e. The molecule has 1 N–H and O–H groups in total. The van der Waals surface area contributed by atoms with Gasteiger partial charge in [-0.3, -0.25) is 4.99 Å². The molecule has 24 heavy (non-hydrogen) atoms. The molecule has 0 bridgehead atoms. The van der Waals surface area contributed by atoms with E-state index in [1.54, 1.807) is 18.4 Å². The van der Waals surface area contributed by atoms with Crippen LogP contribution in [0.1, 0.15) is 27.3 Å². The van der Waals surface area contributed by atoms with Crippen LogP contribution in [-0.4, -0.2) is 17.9 Å². The highest BCUT2D eigenvalue weighted by Gasteiger charge is 2.23. The van der Waals surface area contributed by atoms with Crippen molar-refractivity contribution < 1.29 is 4.74 Å². The number of hydrogen-bond acceptors (Lipinski definition) is 5. The summed E-state index contributed by atoms with van der Waals surface area (Å²) in [5.74, 6) is 1.86. The third-order valence-electron chi connectivity index (χ3n) is 4.32. The molecule has 1 aromatic carbocycles. The highest BCUT2D eigenvalue weighted by molar-refractivity contribution is 7.20. The zero-order valence-electron chi connectivity index (χ0n) is 14.0. The molecule has 0 amide bonds. The van der Waals surface area contributed by atoms with Gasteiger partial charge in [-0.1, -0.05) is 12.1 Å². The number of aryl methyl sites for hydroxylation is 2. The quantitative estimate of drug-likeness (QED) is 0.786. The number of amidine groups is 1. The Morgan fingerprint density at radius 3 is 2.75 bits per heavy atom. The summed E-state index contributed by atoms with van der Waals surface area (Å²) in [6.45, 7) is 5.70. The number of rotatable bonds is 3. The van der Waals surface area contributed by atoms with Gasteiger partial charge in [0.25, 0.3) is 0 Å². The molecule has 0 aliphatic carbocycles. The van der Waals surface area contributed by atoms with Crippen LogP contribution in [-0.2, 0) is 13.1 Å². The number of hydrogen-bond donors (Lipinski definition) is 1. The fraction of sp³-hybridized carbons (Fsp3) is 0.263. The molecule has 0 fully saturated rings. The summed E-state index contributed by atoms with van der Waals surface area (Å²) in [6.07, 6.45) is 0. The van der Waals surface area contributed by atoms with Crippen molar-refractivity contribution in [2.24, 2.45) is 4.99 Å². The molecule has 122 valence electrons. The molecule has 4 rings (SSSR count). The molecule has 0 saturated carbocycles. The summed E-state index contributed by atoms with van der Waals surface area (Å²) in [4.78, 5) is 11.7. The van der Waals surface area contributed by atoms with E-state index in [1.165, 1.54) is 27.0 Å². The minimum atomic E-state index is 0.742. The van der Waals surface area contributed by atoms with Gasteiger partial charge in [-0.15, -0.1) is 11.3 Å². The van der Waals surface area contributed by atoms with Gasteiger partial charge in [-0.25, -0.2) is 4.98 Å². The minimum Gasteiger partial charge on any atom is -0.497 e. The predicted octanol–water partition coefficient (Wildman–Crippen LogP) is 3.97. The number of aromatic nitrogens is 1. The number of thiophene rings is 1. The number of benzene rings is 1. The van der Waals surface area contributed by atoms with Crippen molar-refractivity contribution in [2.45, 2.75) is 26.9 Å². The molecule has 0 unspecified atom stereocenters. The fourth-order valence-corrected chi connectivity index (χ4v) is 4.45. The molecular formula is C19H19N3OS. The molecule has 1 aliphatic rings. The Hall–Kier alpha value is -2.40. The van der Waals surface area contributed by atoms with E-state index in [2.05, 4.69) is 35.4 Å². The summed E-state index contributed by atoms with van der Waals surface area (Å²) in [5.41, 5.74) is 4.89. The van der Waals surface area contributed by atoms with Crippen molar-refractivity contribution in [1.82, 2.24) is 10.3 Å². The number of ether oxygens (including phenoxy) is 1. The van der Waals surface area contributed by atoms with Gasteiger partial charge in [0.15, 0.2) is 0 Å². The molecule has 4 nitrogen and oxygen atoms in total. The fourth-order valence-electron chi connectivity index (χ4n) is 3.15. The second-order valence-corrected chi connectivity index (χ2v) is 7.04. The van der Waals surface area contributed by atoms with E-state index in [4.69, 9.17) is 9.72 Å². The Kier molecular flexibility index (Phi) is 3.73. The minimum absolute atomic E-state index is 0.742. The normalized spacial score (nSPS) is 13.0. The molecule has 5 heteroatoms. The van der Waals surface area contributed by atoms with Crippen LogP contribution in [0.2, 0.25) is 0 Å². The first-order valence-electron chi connectivity index (χ1n) is 7.97. The Labute approximate surface area is 145 Å². The predicted molar refractivity (Wildman–Crippen MR) is 99.2 cm³/mol. The molecule has 0 radical (unpaired) electrons. The van der Waals surface area contributed by atoms with Crippen LogP contribution < -0.4 is 10.1 Å². The lowest BCUT2D eigenvalue weighted by Gasteiger charge is -2.07. The average Bonchev–Trinajstić information content (AvgIpc) is 3.12. The molecule has 3 heterocycles. The van der Waals surface area contributed by atoms with Crippen molar-refractivity contribution in [3.63, 3.8) is 0 Å². The highest BCUT2D eigenvalue weighted by atomic mass is 32.1. The van der Waals surface area contributed by atoms with Crippen LogP contribution in [0.25, 0.3) is 10.2 Å². The van der Waals surface area contributed by atoms with Gasteiger partial charge in [-0.05, 0) is 43.2 Å². The summed E-state index contributed by atoms with van der Waals surface area (Å²) < 4.78 is 5.20. The Morgan fingerprint density at radius 2 is 2.00 bits per heavy atom. The van der Waals surface area contributed by atoms with Crippen LogP contribution in [0.4, 0.5) is 0 Å². The second-order valence-electron chi connectivity index (χ2n) is 6.04. The van der Waals surface area contributed by atoms with Gasteiger partial charge in [0.1, 0.15) is 16.4 Å². The van der Waals surface area contributed by atoms with Gasteiger partial charge in [-0.2, -0.15) is 0 Å². The Bertz CT molecular complexity index is 941. The summed E-state index contributed by atoms with van der Waals surface area (Å²) >= 11 is 1.74. The van der Waals surface area contributed by atoms with Crippen LogP contribution in [0.15, 0.2) is 35.3 Å². The van der Waals surface area contributed by atoms with Gasteiger partial charge >= 0.3 is 0 Å². The van der Waals surface area contributed by atoms with Crippen LogP contribution in [0.5, 0.6) is 5.75 Å². The molecule has 3 aromatic rings. The second kappa shape index (κ2) is 5.91. The third kappa shape index (κ3) is 2.55. The van der Waals surface area contributed by atoms with E-state index in [-0.39, 0.29) is 0 Å². The van der Waals surface area contributed by atoms with Crippen molar-refractivity contribution in [3.8, 4) is 5.75 Å². The first kappa shape index (κ1) is 15.1. The summed E-state index contributed by atoms with van der Waals surface area (Å²) in [5, 5.41) is 4.76. The van der Waals surface area contributed by atoms with Crippen molar-refractivity contribution >= 4 is 27.4 Å². The van der Waals surface area contributed by atoms with E-state index in [0.29, 0.717) is 0 Å². The number of pyridine rings is 1. The molecule has 0 spiro atoms. The smallest absolute Gasteiger partial charge is 0.139 e. The van der Waals surface area contributed by atoms with Gasteiger partial charge in [0.2, 0.25) is 0 Å². The zero-order valence-corrected chi connectivity index (χ0v) is 14.8. The number of fused-ring (bicyclic) bond motifs is 3. The lowest BCUT2D eigenvalue weighted by molar-refractivity contribution is 0.414. The lowest BCUT2D eigenvalue weighted by Crippen LogP contribution is -2.21. The Balaban J connectivity index is 1.58. The van der Waals surface area contributed by atoms with E-state index in [0.717, 1.165) is 35.2 Å². The number of aliphatic imine (C=N–C) groups is 1. The standard InChI is InChI=1S/C19H19N3OS/c1-11-8-12(2)22-19-16(11)15-10-21-18(17(15)24-19)20-9-13-4-6-14(23-3)7-5-13/h4-8H,9-10H2,1-3H3,(H,20,21). The molecule has 0 atom stereocenters. The zero-order chi connectivity index (χ0) is 16.7. The lowest BCUT2D eigenvalue weighted by atomic mass is 10.1. The molecular weight excluding hydrogens is 318 g/mol. The first-order valence-corrected chi connectivity index (χ1v) is 8.78. The monoisotopic (exact) mass is 337 g/mol. The van der Waals surface area contributed by atoms with E-state index in [9.17, 15) is 0 Å². The number of methoxy groups -OCH3 is 1. The number of nitrogens with zero attached hydrogens (tertiary/aromatic N) is 2. The molecule has 0 saturated heterocycles. The highest BCUT2D eigenvalue weighted by Crippen LogP contribution is 2.36. The maximum absolute atomic E-state index is 5.20. The van der Waals surface area contributed by atoms with Crippen molar-refractivity contribution in [3.05, 3.63) is 57.6 Å². The summed E-state index contributed by atoms with van der Waals surface area (Å²) in [7, 11) is 1.68. The van der Waals surface area contributed by atoms with Crippen LogP contribution in [0, 0.1) is 13.8 Å². The average molecular weight is 337 g/mol. The summed E-state index contributed by atoms with van der Waals surface area (Å²) in [6, 6.07) is 10.3. The van der Waals surface area contributed by atoms with Crippen LogP contribution >= 0.6 is 11.3 Å². The van der Waals surface area contributed by atoms with Crippen molar-refractivity contribution in [1.29, 1.82) is 0 Å². The largest absolute Gasteiger partial charge is 0.497 e. The van der Waals surface area contributed by atoms with Crippen LogP contribution in [0.3, 0.4) is 0 Å². The third-order valence-corrected chi connectivity index (χ3v) is 5.45. The van der Waals surface area contributed by atoms with Gasteiger partial charge < -0.3 is 10.1 Å². The van der Waals surface area contributed by atoms with Gasteiger partial charge in [0.05, 0.1) is 18.5 Å². The molecule has 2 aromatic heterocycles.